The van der Waals surface area contributed by atoms with Crippen molar-refractivity contribution in [2.45, 2.75) is 24.1 Å². The number of nitrogens with zero attached hydrogens (tertiary/aromatic N) is 4. The molecule has 1 aliphatic rings. The Kier molecular flexibility index (Phi) is 9.03. The van der Waals surface area contributed by atoms with Crippen molar-refractivity contribution in [1.29, 1.82) is 0 Å². The lowest BCUT2D eigenvalue weighted by Gasteiger charge is -2.37. The van der Waals surface area contributed by atoms with Crippen LogP contribution in [0.15, 0.2) is 82.4 Å². The van der Waals surface area contributed by atoms with Crippen molar-refractivity contribution < 1.29 is 13.9 Å². The van der Waals surface area contributed by atoms with Gasteiger partial charge in [0, 0.05) is 45.9 Å². The van der Waals surface area contributed by atoms with E-state index in [1.54, 1.807) is 13.2 Å². The Bertz CT molecular complexity index is 1390. The molecule has 0 spiro atoms. The Hall–Kier alpha value is -3.53. The topological polar surface area (TPSA) is 83.7 Å². The molecular formula is C29H30ClN5O3S. The first kappa shape index (κ1) is 27.1. The Labute approximate surface area is 237 Å². The van der Waals surface area contributed by atoms with Crippen LogP contribution in [0.25, 0.3) is 0 Å². The normalized spacial score (nSPS) is 13.5. The maximum atomic E-state index is 12.5. The second-order valence-corrected chi connectivity index (χ2v) is 10.4. The molecule has 39 heavy (non-hydrogen) atoms. The number of aromatic nitrogens is 2. The van der Waals surface area contributed by atoms with Crippen LogP contribution in [-0.2, 0) is 23.6 Å². The number of amides is 1. The Morgan fingerprint density at radius 2 is 1.74 bits per heavy atom. The maximum Gasteiger partial charge on any atom is 0.287 e. The molecule has 1 amide bonds. The minimum Gasteiger partial charge on any atom is -0.455 e. The van der Waals surface area contributed by atoms with Crippen LogP contribution < -0.4 is 15.1 Å². The average Bonchev–Trinajstić information content (AvgIpc) is 3.45. The number of anilines is 2. The molecule has 0 saturated carbocycles. The van der Waals surface area contributed by atoms with E-state index in [1.807, 2.05) is 60.7 Å². The highest BCUT2D eigenvalue weighted by Gasteiger charge is 2.21. The fourth-order valence-corrected chi connectivity index (χ4v) is 5.39. The van der Waals surface area contributed by atoms with Gasteiger partial charge in [0.15, 0.2) is 10.9 Å². The summed E-state index contributed by atoms with van der Waals surface area (Å²) in [6.07, 6.45) is 0. The van der Waals surface area contributed by atoms with E-state index in [0.29, 0.717) is 29.8 Å². The minimum absolute atomic E-state index is 0.244. The van der Waals surface area contributed by atoms with E-state index in [1.165, 1.54) is 11.8 Å². The molecule has 1 saturated heterocycles. The SMILES string of the molecule is COCc1cc(N2CCN(c3ccccc3Cl)CC2)nc(SCc2ccc(C(=O)NCc3ccccc3)o2)n1. The number of para-hydroxylation sites is 1. The lowest BCUT2D eigenvalue weighted by molar-refractivity contribution is 0.0921. The van der Waals surface area contributed by atoms with Crippen molar-refractivity contribution in [2.24, 2.45) is 0 Å². The van der Waals surface area contributed by atoms with Gasteiger partial charge in [0.1, 0.15) is 11.6 Å². The number of benzene rings is 2. The molecule has 3 heterocycles. The van der Waals surface area contributed by atoms with Gasteiger partial charge >= 0.3 is 0 Å². The third-order valence-electron chi connectivity index (χ3n) is 6.36. The summed E-state index contributed by atoms with van der Waals surface area (Å²) >= 11 is 7.88. The van der Waals surface area contributed by atoms with E-state index in [0.717, 1.165) is 54.0 Å². The molecule has 1 fully saturated rings. The van der Waals surface area contributed by atoms with Crippen LogP contribution in [-0.4, -0.2) is 49.2 Å². The predicted molar refractivity (Wildman–Crippen MR) is 155 cm³/mol. The Morgan fingerprint density at radius 3 is 2.51 bits per heavy atom. The zero-order valence-corrected chi connectivity index (χ0v) is 23.3. The van der Waals surface area contributed by atoms with Gasteiger partial charge < -0.3 is 24.3 Å². The van der Waals surface area contributed by atoms with Crippen LogP contribution in [0.1, 0.15) is 27.6 Å². The molecule has 202 valence electrons. The van der Waals surface area contributed by atoms with E-state index in [4.69, 9.17) is 25.7 Å². The quantitative estimate of drug-likeness (QED) is 0.202. The summed E-state index contributed by atoms with van der Waals surface area (Å²) in [5.41, 5.74) is 2.91. The van der Waals surface area contributed by atoms with E-state index in [2.05, 4.69) is 26.2 Å². The number of rotatable bonds is 10. The molecule has 1 aliphatic heterocycles. The highest BCUT2D eigenvalue weighted by Crippen LogP contribution is 2.28. The van der Waals surface area contributed by atoms with Crippen LogP contribution in [0.3, 0.4) is 0 Å². The minimum atomic E-state index is -0.244. The first-order valence-electron chi connectivity index (χ1n) is 12.7. The number of piperazine rings is 1. The van der Waals surface area contributed by atoms with Gasteiger partial charge in [-0.3, -0.25) is 4.79 Å². The molecule has 0 bridgehead atoms. The van der Waals surface area contributed by atoms with Crippen LogP contribution in [0, 0.1) is 0 Å². The number of nitrogens with one attached hydrogen (secondary N) is 1. The molecule has 5 rings (SSSR count). The van der Waals surface area contributed by atoms with Gasteiger partial charge in [-0.2, -0.15) is 0 Å². The number of furan rings is 1. The highest BCUT2D eigenvalue weighted by molar-refractivity contribution is 7.98. The fraction of sp³-hybridized carbons (Fsp3) is 0.276. The van der Waals surface area contributed by atoms with Crippen molar-refractivity contribution in [3.8, 4) is 0 Å². The number of methoxy groups -OCH3 is 1. The van der Waals surface area contributed by atoms with Gasteiger partial charge in [-0.05, 0) is 29.8 Å². The zero-order valence-electron chi connectivity index (χ0n) is 21.7. The molecule has 0 unspecified atom stereocenters. The van der Waals surface area contributed by atoms with Gasteiger partial charge in [-0.25, -0.2) is 9.97 Å². The van der Waals surface area contributed by atoms with Crippen LogP contribution in [0.5, 0.6) is 0 Å². The zero-order chi connectivity index (χ0) is 27.0. The predicted octanol–water partition coefficient (Wildman–Crippen LogP) is 5.42. The second kappa shape index (κ2) is 13.0. The molecule has 10 heteroatoms. The number of hydrogen-bond donors (Lipinski definition) is 1. The number of ether oxygens (including phenoxy) is 1. The summed E-state index contributed by atoms with van der Waals surface area (Å²) in [6.45, 7) is 4.17. The van der Waals surface area contributed by atoms with E-state index >= 15 is 0 Å². The van der Waals surface area contributed by atoms with Crippen molar-refractivity contribution in [1.82, 2.24) is 15.3 Å². The van der Waals surface area contributed by atoms with Crippen LogP contribution in [0.4, 0.5) is 11.5 Å². The number of hydrogen-bond acceptors (Lipinski definition) is 8. The Morgan fingerprint density at radius 1 is 1.00 bits per heavy atom. The average molecular weight is 564 g/mol. The van der Waals surface area contributed by atoms with Crippen molar-refractivity contribution in [3.63, 3.8) is 0 Å². The van der Waals surface area contributed by atoms with Gasteiger partial charge in [0.05, 0.1) is 28.8 Å². The maximum absolute atomic E-state index is 12.5. The third kappa shape index (κ3) is 7.11. The van der Waals surface area contributed by atoms with Crippen molar-refractivity contribution >= 4 is 40.8 Å². The van der Waals surface area contributed by atoms with Crippen molar-refractivity contribution in [3.05, 3.63) is 101 Å². The number of halogens is 1. The molecular weight excluding hydrogens is 534 g/mol. The first-order valence-corrected chi connectivity index (χ1v) is 14.1. The van der Waals surface area contributed by atoms with E-state index in [-0.39, 0.29) is 11.7 Å². The third-order valence-corrected chi connectivity index (χ3v) is 7.55. The summed E-state index contributed by atoms with van der Waals surface area (Å²) in [5.74, 6) is 2.10. The van der Waals surface area contributed by atoms with Gasteiger partial charge in [0.25, 0.3) is 5.91 Å². The van der Waals surface area contributed by atoms with Gasteiger partial charge in [0.2, 0.25) is 0 Å². The lowest BCUT2D eigenvalue weighted by atomic mass is 10.2. The standard InChI is InChI=1S/C29H30ClN5O3S/c1-37-19-22-17-27(35-15-13-34(14-16-35)25-10-6-5-9-24(25)30)33-29(32-22)39-20-23-11-12-26(38-23)28(36)31-18-21-7-3-2-4-8-21/h2-12,17H,13-16,18-20H2,1H3,(H,31,36). The highest BCUT2D eigenvalue weighted by atomic mass is 35.5. The number of carbonyl (C=O) groups excluding carboxylic acids is 1. The van der Waals surface area contributed by atoms with Gasteiger partial charge in [-0.15, -0.1) is 0 Å². The second-order valence-electron chi connectivity index (χ2n) is 9.08. The summed E-state index contributed by atoms with van der Waals surface area (Å²) in [6, 6.07) is 23.2. The number of carbonyl (C=O) groups is 1. The number of thioether (sulfide) groups is 1. The molecule has 0 aliphatic carbocycles. The largest absolute Gasteiger partial charge is 0.455 e. The molecule has 0 radical (unpaired) electrons. The molecule has 4 aromatic rings. The molecule has 2 aromatic carbocycles. The fourth-order valence-electron chi connectivity index (χ4n) is 4.37. The first-order chi connectivity index (χ1) is 19.1. The Balaban J connectivity index is 1.20. The monoisotopic (exact) mass is 563 g/mol. The lowest BCUT2D eigenvalue weighted by Crippen LogP contribution is -2.47. The van der Waals surface area contributed by atoms with E-state index in [9.17, 15) is 4.79 Å². The molecule has 0 atom stereocenters. The summed E-state index contributed by atoms with van der Waals surface area (Å²) in [5, 5.41) is 4.30. The molecule has 8 nitrogen and oxygen atoms in total. The summed E-state index contributed by atoms with van der Waals surface area (Å²) in [7, 11) is 1.66. The van der Waals surface area contributed by atoms with Crippen LogP contribution >= 0.6 is 23.4 Å². The van der Waals surface area contributed by atoms with Gasteiger partial charge in [-0.1, -0.05) is 65.8 Å². The van der Waals surface area contributed by atoms with E-state index < -0.39 is 0 Å². The van der Waals surface area contributed by atoms with Crippen molar-refractivity contribution in [2.75, 3.05) is 43.1 Å². The summed E-state index contributed by atoms with van der Waals surface area (Å²) in [4.78, 5) is 26.6. The molecule has 2 aromatic heterocycles. The van der Waals surface area contributed by atoms with Crippen LogP contribution in [0.2, 0.25) is 5.02 Å². The summed E-state index contributed by atoms with van der Waals surface area (Å²) < 4.78 is 11.2. The molecule has 1 N–H and O–H groups in total. The smallest absolute Gasteiger partial charge is 0.287 e.